The summed E-state index contributed by atoms with van der Waals surface area (Å²) in [5.41, 5.74) is 0.958. The van der Waals surface area contributed by atoms with E-state index in [1.807, 2.05) is 6.92 Å². The summed E-state index contributed by atoms with van der Waals surface area (Å²) >= 11 is 0. The van der Waals surface area contributed by atoms with Crippen LogP contribution in [0.2, 0.25) is 0 Å². The highest BCUT2D eigenvalue weighted by atomic mass is 19.1. The van der Waals surface area contributed by atoms with Gasteiger partial charge in [-0.3, -0.25) is 9.59 Å². The molecular formula is C22H18F2N2O3. The predicted octanol–water partition coefficient (Wildman–Crippen LogP) is 4.87. The Hall–Kier alpha value is -3.74. The van der Waals surface area contributed by atoms with Gasteiger partial charge in [0.25, 0.3) is 11.8 Å². The Morgan fingerprint density at radius 3 is 2.00 bits per heavy atom. The standard InChI is InChI=1S/C22H18F2N2O3/c1-2-29-20-6-4-3-5-19(20)26-22(28)15-9-7-14(8-10-15)21(27)25-18-12-11-16(23)13-17(18)24/h3-13H,2H2,1H3,(H,25,27)(H,26,28). The second kappa shape index (κ2) is 8.97. The van der Waals surface area contributed by atoms with Gasteiger partial charge in [0, 0.05) is 17.2 Å². The summed E-state index contributed by atoms with van der Waals surface area (Å²) in [6.45, 7) is 2.31. The first-order valence-electron chi connectivity index (χ1n) is 8.87. The van der Waals surface area contributed by atoms with Gasteiger partial charge in [-0.15, -0.1) is 0 Å². The van der Waals surface area contributed by atoms with Crippen molar-refractivity contribution in [2.24, 2.45) is 0 Å². The van der Waals surface area contributed by atoms with Crippen molar-refractivity contribution in [1.29, 1.82) is 0 Å². The lowest BCUT2D eigenvalue weighted by molar-refractivity contribution is 0.101. The van der Waals surface area contributed by atoms with E-state index < -0.39 is 17.5 Å². The zero-order valence-electron chi connectivity index (χ0n) is 15.5. The molecule has 0 aliphatic rings. The van der Waals surface area contributed by atoms with E-state index in [1.54, 1.807) is 24.3 Å². The second-order valence-electron chi connectivity index (χ2n) is 6.04. The molecule has 0 atom stereocenters. The highest BCUT2D eigenvalue weighted by molar-refractivity contribution is 6.07. The van der Waals surface area contributed by atoms with Crippen molar-refractivity contribution in [3.8, 4) is 5.75 Å². The van der Waals surface area contributed by atoms with Crippen LogP contribution in [0.3, 0.4) is 0 Å². The van der Waals surface area contributed by atoms with E-state index in [1.165, 1.54) is 24.3 Å². The van der Waals surface area contributed by atoms with Gasteiger partial charge in [0.15, 0.2) is 0 Å². The Morgan fingerprint density at radius 1 is 0.828 bits per heavy atom. The molecule has 0 bridgehead atoms. The van der Waals surface area contributed by atoms with E-state index in [0.717, 1.165) is 12.1 Å². The average Bonchev–Trinajstić information content (AvgIpc) is 2.72. The molecule has 2 amide bonds. The number of anilines is 2. The minimum atomic E-state index is -0.873. The number of hydrogen-bond donors (Lipinski definition) is 2. The number of carbonyl (C=O) groups excluding carboxylic acids is 2. The summed E-state index contributed by atoms with van der Waals surface area (Å²) in [4.78, 5) is 24.7. The predicted molar refractivity (Wildman–Crippen MR) is 106 cm³/mol. The van der Waals surface area contributed by atoms with Gasteiger partial charge >= 0.3 is 0 Å². The molecule has 2 N–H and O–H groups in total. The van der Waals surface area contributed by atoms with Crippen LogP contribution in [0.4, 0.5) is 20.2 Å². The number of benzene rings is 3. The number of hydrogen-bond acceptors (Lipinski definition) is 3. The Balaban J connectivity index is 1.69. The van der Waals surface area contributed by atoms with Gasteiger partial charge in [0.1, 0.15) is 17.4 Å². The molecule has 0 saturated heterocycles. The molecule has 0 radical (unpaired) electrons. The molecule has 0 aromatic heterocycles. The number of carbonyl (C=O) groups is 2. The first-order valence-corrected chi connectivity index (χ1v) is 8.87. The lowest BCUT2D eigenvalue weighted by Gasteiger charge is -2.11. The first kappa shape index (κ1) is 20.0. The van der Waals surface area contributed by atoms with E-state index >= 15 is 0 Å². The van der Waals surface area contributed by atoms with Gasteiger partial charge in [0.2, 0.25) is 0 Å². The summed E-state index contributed by atoms with van der Waals surface area (Å²) in [5, 5.41) is 5.13. The van der Waals surface area contributed by atoms with Crippen LogP contribution in [0, 0.1) is 11.6 Å². The third-order valence-corrected chi connectivity index (χ3v) is 4.02. The van der Waals surface area contributed by atoms with Crippen LogP contribution in [0.1, 0.15) is 27.6 Å². The molecule has 29 heavy (non-hydrogen) atoms. The zero-order chi connectivity index (χ0) is 20.8. The molecule has 0 unspecified atom stereocenters. The fourth-order valence-corrected chi connectivity index (χ4v) is 2.60. The molecular weight excluding hydrogens is 378 g/mol. The molecule has 0 aliphatic heterocycles. The summed E-state index contributed by atoms with van der Waals surface area (Å²) < 4.78 is 32.1. The van der Waals surface area contributed by atoms with Crippen LogP contribution in [0.15, 0.2) is 66.7 Å². The van der Waals surface area contributed by atoms with Crippen molar-refractivity contribution < 1.29 is 23.1 Å². The third kappa shape index (κ3) is 4.95. The molecule has 3 aromatic carbocycles. The highest BCUT2D eigenvalue weighted by Gasteiger charge is 2.13. The number of halogens is 2. The van der Waals surface area contributed by atoms with Crippen LogP contribution < -0.4 is 15.4 Å². The van der Waals surface area contributed by atoms with E-state index in [0.29, 0.717) is 29.7 Å². The lowest BCUT2D eigenvalue weighted by Crippen LogP contribution is -2.15. The Bertz CT molecular complexity index is 1040. The molecule has 0 heterocycles. The fraction of sp³-hybridized carbons (Fsp3) is 0.0909. The quantitative estimate of drug-likeness (QED) is 0.625. The Morgan fingerprint density at radius 2 is 1.41 bits per heavy atom. The van der Waals surface area contributed by atoms with Gasteiger partial charge in [-0.2, -0.15) is 0 Å². The number of ether oxygens (including phenoxy) is 1. The molecule has 3 aromatic rings. The topological polar surface area (TPSA) is 67.4 Å². The largest absolute Gasteiger partial charge is 0.492 e. The van der Waals surface area contributed by atoms with Crippen molar-refractivity contribution in [2.75, 3.05) is 17.2 Å². The van der Waals surface area contributed by atoms with E-state index in [9.17, 15) is 18.4 Å². The number of nitrogens with one attached hydrogen (secondary N) is 2. The molecule has 0 fully saturated rings. The summed E-state index contributed by atoms with van der Waals surface area (Å²) in [5.74, 6) is -2.00. The third-order valence-electron chi connectivity index (χ3n) is 4.02. The summed E-state index contributed by atoms with van der Waals surface area (Å²) in [6.07, 6.45) is 0. The minimum Gasteiger partial charge on any atom is -0.492 e. The van der Waals surface area contributed by atoms with Gasteiger partial charge in [0.05, 0.1) is 18.0 Å². The number of para-hydroxylation sites is 2. The summed E-state index contributed by atoms with van der Waals surface area (Å²) in [7, 11) is 0. The van der Waals surface area contributed by atoms with Crippen LogP contribution in [0.25, 0.3) is 0 Å². The van der Waals surface area contributed by atoms with E-state index in [-0.39, 0.29) is 17.2 Å². The number of rotatable bonds is 6. The van der Waals surface area contributed by atoms with Crippen molar-refractivity contribution in [1.82, 2.24) is 0 Å². The van der Waals surface area contributed by atoms with Crippen LogP contribution in [-0.4, -0.2) is 18.4 Å². The van der Waals surface area contributed by atoms with Crippen molar-refractivity contribution in [2.45, 2.75) is 6.92 Å². The van der Waals surface area contributed by atoms with Crippen molar-refractivity contribution in [3.63, 3.8) is 0 Å². The van der Waals surface area contributed by atoms with Gasteiger partial charge in [-0.25, -0.2) is 8.78 Å². The fourth-order valence-electron chi connectivity index (χ4n) is 2.60. The van der Waals surface area contributed by atoms with Crippen molar-refractivity contribution >= 4 is 23.2 Å². The lowest BCUT2D eigenvalue weighted by atomic mass is 10.1. The molecule has 0 aliphatic carbocycles. The normalized spacial score (nSPS) is 10.3. The molecule has 3 rings (SSSR count). The number of amides is 2. The second-order valence-corrected chi connectivity index (χ2v) is 6.04. The Kier molecular flexibility index (Phi) is 6.19. The monoisotopic (exact) mass is 396 g/mol. The van der Waals surface area contributed by atoms with Crippen LogP contribution in [-0.2, 0) is 0 Å². The van der Waals surface area contributed by atoms with E-state index in [2.05, 4.69) is 10.6 Å². The van der Waals surface area contributed by atoms with Gasteiger partial charge < -0.3 is 15.4 Å². The molecule has 0 spiro atoms. The van der Waals surface area contributed by atoms with Crippen LogP contribution in [0.5, 0.6) is 5.75 Å². The summed E-state index contributed by atoms with van der Waals surface area (Å²) in [6, 6.07) is 15.8. The molecule has 148 valence electrons. The van der Waals surface area contributed by atoms with E-state index in [4.69, 9.17) is 4.74 Å². The van der Waals surface area contributed by atoms with Crippen LogP contribution >= 0.6 is 0 Å². The van der Waals surface area contributed by atoms with Gasteiger partial charge in [-0.1, -0.05) is 12.1 Å². The molecule has 5 nitrogen and oxygen atoms in total. The average molecular weight is 396 g/mol. The first-order chi connectivity index (χ1) is 14.0. The molecule has 0 saturated carbocycles. The maximum Gasteiger partial charge on any atom is 0.255 e. The zero-order valence-corrected chi connectivity index (χ0v) is 15.5. The molecule has 7 heteroatoms. The smallest absolute Gasteiger partial charge is 0.255 e. The maximum atomic E-state index is 13.7. The minimum absolute atomic E-state index is 0.134. The van der Waals surface area contributed by atoms with Gasteiger partial charge in [-0.05, 0) is 55.5 Å². The maximum absolute atomic E-state index is 13.7. The highest BCUT2D eigenvalue weighted by Crippen LogP contribution is 2.24. The Labute approximate surface area is 166 Å². The SMILES string of the molecule is CCOc1ccccc1NC(=O)c1ccc(C(=O)Nc2ccc(F)cc2F)cc1. The van der Waals surface area contributed by atoms with Crippen molar-refractivity contribution in [3.05, 3.63) is 89.5 Å².